The Morgan fingerprint density at radius 2 is 1.96 bits per heavy atom. The molecule has 0 amide bonds. The van der Waals surface area contributed by atoms with Crippen LogP contribution in [0.5, 0.6) is 0 Å². The molecule has 0 saturated heterocycles. The molecule has 4 aromatic rings. The molecular formula is C18H13FN4O2. The van der Waals surface area contributed by atoms with Crippen LogP contribution in [0.3, 0.4) is 0 Å². The van der Waals surface area contributed by atoms with Gasteiger partial charge in [-0.25, -0.2) is 9.37 Å². The molecule has 0 radical (unpaired) electrons. The topological polar surface area (TPSA) is 73.8 Å². The minimum Gasteiger partial charge on any atom is -0.337 e. The highest BCUT2D eigenvalue weighted by molar-refractivity contribution is 5.74. The van der Waals surface area contributed by atoms with E-state index in [9.17, 15) is 9.18 Å². The second-order valence-electron chi connectivity index (χ2n) is 5.60. The molecule has 0 saturated carbocycles. The molecule has 0 N–H and O–H groups in total. The fourth-order valence-corrected chi connectivity index (χ4v) is 2.68. The van der Waals surface area contributed by atoms with Gasteiger partial charge < -0.3 is 4.52 Å². The summed E-state index contributed by atoms with van der Waals surface area (Å²) >= 11 is 0. The van der Waals surface area contributed by atoms with Crippen molar-refractivity contribution in [3.05, 3.63) is 76.3 Å². The van der Waals surface area contributed by atoms with Crippen LogP contribution >= 0.6 is 0 Å². The Balaban J connectivity index is 1.76. The van der Waals surface area contributed by atoms with Gasteiger partial charge in [0.05, 0.1) is 11.0 Å². The van der Waals surface area contributed by atoms with Gasteiger partial charge in [0.15, 0.2) is 0 Å². The average Bonchev–Trinajstić information content (AvgIpc) is 3.08. The smallest absolute Gasteiger partial charge is 0.272 e. The van der Waals surface area contributed by atoms with Gasteiger partial charge in [0, 0.05) is 5.56 Å². The normalized spacial score (nSPS) is 11.1. The van der Waals surface area contributed by atoms with Gasteiger partial charge in [0.25, 0.3) is 5.56 Å². The maximum absolute atomic E-state index is 13.3. The zero-order valence-corrected chi connectivity index (χ0v) is 13.3. The van der Waals surface area contributed by atoms with Gasteiger partial charge in [-0.1, -0.05) is 29.4 Å². The van der Waals surface area contributed by atoms with E-state index in [4.69, 9.17) is 4.52 Å². The van der Waals surface area contributed by atoms with E-state index in [0.717, 1.165) is 0 Å². The second-order valence-corrected chi connectivity index (χ2v) is 5.60. The third-order valence-electron chi connectivity index (χ3n) is 3.86. The first-order valence-corrected chi connectivity index (χ1v) is 7.66. The van der Waals surface area contributed by atoms with Crippen LogP contribution < -0.4 is 5.56 Å². The number of rotatable bonds is 3. The summed E-state index contributed by atoms with van der Waals surface area (Å²) in [5, 5.41) is 3.87. The fraction of sp³-hybridized carbons (Fsp3) is 0.111. The van der Waals surface area contributed by atoms with Crippen LogP contribution in [0.15, 0.2) is 57.8 Å². The van der Waals surface area contributed by atoms with Crippen molar-refractivity contribution in [2.75, 3.05) is 0 Å². The highest BCUT2D eigenvalue weighted by Gasteiger charge is 2.13. The predicted molar refractivity (Wildman–Crippen MR) is 89.5 cm³/mol. The van der Waals surface area contributed by atoms with Crippen molar-refractivity contribution in [2.45, 2.75) is 13.5 Å². The third-order valence-corrected chi connectivity index (χ3v) is 3.86. The monoisotopic (exact) mass is 336 g/mol. The van der Waals surface area contributed by atoms with Crippen LogP contribution in [0.2, 0.25) is 0 Å². The molecule has 2 aromatic carbocycles. The second kappa shape index (κ2) is 5.94. The lowest BCUT2D eigenvalue weighted by atomic mass is 10.2. The fourth-order valence-electron chi connectivity index (χ4n) is 2.68. The molecule has 25 heavy (non-hydrogen) atoms. The Hall–Kier alpha value is -3.35. The van der Waals surface area contributed by atoms with Gasteiger partial charge in [-0.2, -0.15) is 4.98 Å². The summed E-state index contributed by atoms with van der Waals surface area (Å²) in [4.78, 5) is 21.0. The number of hydrogen-bond acceptors (Lipinski definition) is 5. The molecular weight excluding hydrogens is 323 g/mol. The summed E-state index contributed by atoms with van der Waals surface area (Å²) < 4.78 is 20.1. The van der Waals surface area contributed by atoms with E-state index in [0.29, 0.717) is 22.3 Å². The van der Waals surface area contributed by atoms with Crippen LogP contribution in [0.4, 0.5) is 4.39 Å². The first-order chi connectivity index (χ1) is 12.1. The summed E-state index contributed by atoms with van der Waals surface area (Å²) in [5.41, 5.74) is 2.08. The first-order valence-electron chi connectivity index (χ1n) is 7.66. The number of hydrogen-bond donors (Lipinski definition) is 0. The molecule has 0 fully saturated rings. The van der Waals surface area contributed by atoms with Crippen molar-refractivity contribution in [2.24, 2.45) is 0 Å². The van der Waals surface area contributed by atoms with Gasteiger partial charge in [-0.15, -0.1) is 0 Å². The van der Waals surface area contributed by atoms with Crippen LogP contribution in [0.25, 0.3) is 22.4 Å². The van der Waals surface area contributed by atoms with Gasteiger partial charge >= 0.3 is 0 Å². The van der Waals surface area contributed by atoms with E-state index in [1.165, 1.54) is 12.1 Å². The number of halogens is 1. The van der Waals surface area contributed by atoms with Crippen molar-refractivity contribution in [3.8, 4) is 11.4 Å². The number of para-hydroxylation sites is 2. The van der Waals surface area contributed by atoms with Gasteiger partial charge in [0.1, 0.15) is 18.1 Å². The first kappa shape index (κ1) is 15.2. The Morgan fingerprint density at radius 3 is 2.80 bits per heavy atom. The van der Waals surface area contributed by atoms with Crippen molar-refractivity contribution in [1.29, 1.82) is 0 Å². The molecule has 0 spiro atoms. The lowest BCUT2D eigenvalue weighted by Crippen LogP contribution is -2.24. The Kier molecular flexibility index (Phi) is 3.61. The van der Waals surface area contributed by atoms with Crippen molar-refractivity contribution >= 4 is 11.0 Å². The summed E-state index contributed by atoms with van der Waals surface area (Å²) in [5.74, 6) is 0.158. The summed E-state index contributed by atoms with van der Waals surface area (Å²) in [6, 6.07) is 13.3. The minimum absolute atomic E-state index is 0.116. The lowest BCUT2D eigenvalue weighted by molar-refractivity contribution is 0.371. The number of nitrogens with zero attached hydrogens (tertiary/aromatic N) is 4. The Morgan fingerprint density at radius 1 is 1.12 bits per heavy atom. The molecule has 0 aliphatic heterocycles. The van der Waals surface area contributed by atoms with E-state index < -0.39 is 0 Å². The lowest BCUT2D eigenvalue weighted by Gasteiger charge is -2.08. The van der Waals surface area contributed by atoms with Crippen molar-refractivity contribution in [3.63, 3.8) is 0 Å². The zero-order valence-electron chi connectivity index (χ0n) is 13.3. The molecule has 0 bridgehead atoms. The number of aryl methyl sites for hydroxylation is 1. The number of fused-ring (bicyclic) bond motifs is 1. The Bertz CT molecular complexity index is 1130. The number of benzene rings is 2. The van der Waals surface area contributed by atoms with Crippen molar-refractivity contribution in [1.82, 2.24) is 19.7 Å². The minimum atomic E-state index is -0.379. The van der Waals surface area contributed by atoms with Crippen LogP contribution in [-0.2, 0) is 6.54 Å². The highest BCUT2D eigenvalue weighted by atomic mass is 19.1. The van der Waals surface area contributed by atoms with Gasteiger partial charge in [-0.3, -0.25) is 9.36 Å². The SMILES string of the molecule is Cc1nc2ccccc2n(Cc2nc(-c3cccc(F)c3)no2)c1=O. The van der Waals surface area contributed by atoms with E-state index in [1.807, 2.05) is 24.3 Å². The zero-order chi connectivity index (χ0) is 17.4. The quantitative estimate of drug-likeness (QED) is 0.575. The molecule has 0 atom stereocenters. The molecule has 2 aromatic heterocycles. The predicted octanol–water partition coefficient (Wildman–Crippen LogP) is 2.94. The molecule has 0 aliphatic rings. The van der Waals surface area contributed by atoms with E-state index in [1.54, 1.807) is 23.6 Å². The van der Waals surface area contributed by atoms with Gasteiger partial charge in [-0.05, 0) is 31.2 Å². The summed E-state index contributed by atoms with van der Waals surface area (Å²) in [6.45, 7) is 1.78. The van der Waals surface area contributed by atoms with E-state index in [2.05, 4.69) is 15.1 Å². The highest BCUT2D eigenvalue weighted by Crippen LogP contribution is 2.18. The molecule has 0 unspecified atom stereocenters. The molecule has 2 heterocycles. The average molecular weight is 336 g/mol. The molecule has 7 heteroatoms. The number of aromatic nitrogens is 4. The summed E-state index contributed by atoms with van der Waals surface area (Å²) in [6.07, 6.45) is 0. The third kappa shape index (κ3) is 2.80. The summed E-state index contributed by atoms with van der Waals surface area (Å²) in [7, 11) is 0. The maximum atomic E-state index is 13.3. The molecule has 0 aliphatic carbocycles. The molecule has 124 valence electrons. The van der Waals surface area contributed by atoms with Crippen LogP contribution in [-0.4, -0.2) is 19.7 Å². The van der Waals surface area contributed by atoms with Gasteiger partial charge in [0.2, 0.25) is 11.7 Å². The Labute approximate surface area is 141 Å². The van der Waals surface area contributed by atoms with Crippen LogP contribution in [0.1, 0.15) is 11.6 Å². The molecule has 4 rings (SSSR count). The molecule has 6 nitrogen and oxygen atoms in total. The maximum Gasteiger partial charge on any atom is 0.272 e. The van der Waals surface area contributed by atoms with Crippen LogP contribution in [0, 0.1) is 12.7 Å². The standard InChI is InChI=1S/C18H13FN4O2/c1-11-18(24)23(15-8-3-2-7-14(15)20-11)10-16-21-17(22-25-16)12-5-4-6-13(19)9-12/h2-9H,10H2,1H3. The van der Waals surface area contributed by atoms with E-state index in [-0.39, 0.29) is 29.6 Å². The largest absolute Gasteiger partial charge is 0.337 e. The van der Waals surface area contributed by atoms with Crippen molar-refractivity contribution < 1.29 is 8.91 Å². The van der Waals surface area contributed by atoms with E-state index >= 15 is 0 Å².